The third-order valence-corrected chi connectivity index (χ3v) is 3.99. The van der Waals surface area contributed by atoms with Gasteiger partial charge in [0, 0.05) is 6.54 Å². The zero-order valence-corrected chi connectivity index (χ0v) is 14.4. The molecule has 3 N–H and O–H groups in total. The third kappa shape index (κ3) is 4.66. The van der Waals surface area contributed by atoms with Gasteiger partial charge in [-0.05, 0) is 22.1 Å². The second-order valence-corrected chi connectivity index (χ2v) is 6.95. The Morgan fingerprint density at radius 1 is 0.958 bits per heavy atom. The van der Waals surface area contributed by atoms with Gasteiger partial charge in [0.2, 0.25) is 0 Å². The van der Waals surface area contributed by atoms with E-state index in [0.717, 1.165) is 5.56 Å². The van der Waals surface area contributed by atoms with E-state index in [9.17, 15) is 15.0 Å². The number of benzene rings is 2. The molecule has 0 fully saturated rings. The first-order chi connectivity index (χ1) is 11.3. The summed E-state index contributed by atoms with van der Waals surface area (Å²) in [5.41, 5.74) is 2.50. The number of carbonyl (C=O) groups excluding carboxylic acids is 1. The fraction of sp³-hybridized carbons (Fsp3) is 0.350. The summed E-state index contributed by atoms with van der Waals surface area (Å²) in [7, 11) is 0. The highest BCUT2D eigenvalue weighted by molar-refractivity contribution is 5.81. The molecule has 128 valence electrons. The van der Waals surface area contributed by atoms with Crippen molar-refractivity contribution < 1.29 is 15.0 Å². The number of hydrogen-bond donors (Lipinski definition) is 3. The topological polar surface area (TPSA) is 69.6 Å². The van der Waals surface area contributed by atoms with Crippen molar-refractivity contribution in [1.82, 2.24) is 5.32 Å². The number of aliphatic hydroxyl groups is 2. The van der Waals surface area contributed by atoms with Crippen molar-refractivity contribution in [3.8, 4) is 0 Å². The average Bonchev–Trinajstić information content (AvgIpc) is 2.58. The molecule has 2 aromatic carbocycles. The van der Waals surface area contributed by atoms with Crippen LogP contribution in [0.25, 0.3) is 0 Å². The number of nitrogens with one attached hydrogen (secondary N) is 1. The van der Waals surface area contributed by atoms with Crippen LogP contribution in [0.1, 0.15) is 49.7 Å². The Hall–Kier alpha value is -2.17. The van der Waals surface area contributed by atoms with Gasteiger partial charge in [0.25, 0.3) is 5.91 Å². The molecule has 24 heavy (non-hydrogen) atoms. The van der Waals surface area contributed by atoms with Gasteiger partial charge in [-0.3, -0.25) is 4.79 Å². The van der Waals surface area contributed by atoms with E-state index in [2.05, 4.69) is 26.1 Å². The van der Waals surface area contributed by atoms with E-state index in [1.807, 2.05) is 30.3 Å². The molecule has 0 aromatic heterocycles. The molecule has 0 saturated carbocycles. The number of aliphatic hydroxyl groups excluding tert-OH is 2. The fourth-order valence-electron chi connectivity index (χ4n) is 2.40. The van der Waals surface area contributed by atoms with Gasteiger partial charge in [0.05, 0.1) is 6.10 Å². The van der Waals surface area contributed by atoms with Crippen molar-refractivity contribution >= 4 is 5.91 Å². The van der Waals surface area contributed by atoms with Gasteiger partial charge in [-0.15, -0.1) is 0 Å². The molecule has 4 heteroatoms. The summed E-state index contributed by atoms with van der Waals surface area (Å²) in [5, 5.41) is 22.8. The van der Waals surface area contributed by atoms with Crippen LogP contribution in [0, 0.1) is 0 Å². The Kier molecular flexibility index (Phi) is 5.75. The van der Waals surface area contributed by atoms with E-state index in [4.69, 9.17) is 0 Å². The average molecular weight is 327 g/mol. The summed E-state index contributed by atoms with van der Waals surface area (Å²) in [5.74, 6) is -0.522. The Labute approximate surface area is 143 Å². The number of carbonyl (C=O) groups is 1. The van der Waals surface area contributed by atoms with E-state index >= 15 is 0 Å². The van der Waals surface area contributed by atoms with Crippen LogP contribution in [0.3, 0.4) is 0 Å². The van der Waals surface area contributed by atoms with Gasteiger partial charge >= 0.3 is 0 Å². The number of rotatable bonds is 5. The van der Waals surface area contributed by atoms with Gasteiger partial charge in [-0.1, -0.05) is 75.4 Å². The van der Waals surface area contributed by atoms with Gasteiger partial charge in [-0.2, -0.15) is 0 Å². The summed E-state index contributed by atoms with van der Waals surface area (Å²) >= 11 is 0. The molecule has 2 aromatic rings. The molecule has 2 atom stereocenters. The predicted molar refractivity (Wildman–Crippen MR) is 94.5 cm³/mol. The van der Waals surface area contributed by atoms with Crippen LogP contribution in [0.4, 0.5) is 0 Å². The van der Waals surface area contributed by atoms with Crippen LogP contribution in [0.2, 0.25) is 0 Å². The minimum absolute atomic E-state index is 0.0531. The van der Waals surface area contributed by atoms with Gasteiger partial charge < -0.3 is 15.5 Å². The molecule has 0 spiro atoms. The van der Waals surface area contributed by atoms with E-state index in [1.165, 1.54) is 5.56 Å². The molecular weight excluding hydrogens is 302 g/mol. The largest absolute Gasteiger partial charge is 0.387 e. The summed E-state index contributed by atoms with van der Waals surface area (Å²) in [6, 6.07) is 16.4. The Balaban J connectivity index is 1.93. The van der Waals surface area contributed by atoms with E-state index in [0.29, 0.717) is 5.56 Å². The summed E-state index contributed by atoms with van der Waals surface area (Å²) < 4.78 is 0. The lowest BCUT2D eigenvalue weighted by atomic mass is 9.86. The Morgan fingerprint density at radius 3 is 2.08 bits per heavy atom. The SMILES string of the molecule is CC(C)(C)c1ccc(C(O)CNC(=O)[C@@H](O)c2ccccc2)cc1. The van der Waals surface area contributed by atoms with E-state index in [1.54, 1.807) is 24.3 Å². The molecule has 2 rings (SSSR count). The summed E-state index contributed by atoms with van der Waals surface area (Å²) in [4.78, 5) is 12.0. The first-order valence-corrected chi connectivity index (χ1v) is 8.08. The van der Waals surface area contributed by atoms with Crippen LogP contribution in [-0.4, -0.2) is 22.7 Å². The number of amides is 1. The lowest BCUT2D eigenvalue weighted by Gasteiger charge is -2.20. The maximum absolute atomic E-state index is 12.0. The van der Waals surface area contributed by atoms with Crippen molar-refractivity contribution in [3.05, 3.63) is 71.3 Å². The lowest BCUT2D eigenvalue weighted by molar-refractivity contribution is -0.130. The second kappa shape index (κ2) is 7.60. The zero-order valence-electron chi connectivity index (χ0n) is 14.4. The van der Waals surface area contributed by atoms with Crippen LogP contribution >= 0.6 is 0 Å². The van der Waals surface area contributed by atoms with Crippen LogP contribution in [-0.2, 0) is 10.2 Å². The smallest absolute Gasteiger partial charge is 0.253 e. The van der Waals surface area contributed by atoms with Crippen molar-refractivity contribution in [2.75, 3.05) is 6.54 Å². The monoisotopic (exact) mass is 327 g/mol. The van der Waals surface area contributed by atoms with Crippen molar-refractivity contribution in [2.24, 2.45) is 0 Å². The Morgan fingerprint density at radius 2 is 1.54 bits per heavy atom. The van der Waals surface area contributed by atoms with Gasteiger partial charge in [0.1, 0.15) is 0 Å². The molecule has 0 aliphatic carbocycles. The van der Waals surface area contributed by atoms with Crippen LogP contribution < -0.4 is 5.32 Å². The summed E-state index contributed by atoms with van der Waals surface area (Å²) in [6.07, 6.45) is -2.05. The van der Waals surface area contributed by atoms with Crippen molar-refractivity contribution in [1.29, 1.82) is 0 Å². The van der Waals surface area contributed by atoms with E-state index in [-0.39, 0.29) is 12.0 Å². The first-order valence-electron chi connectivity index (χ1n) is 8.08. The standard InChI is InChI=1S/C20H25NO3/c1-20(2,3)16-11-9-14(10-12-16)17(22)13-21-19(24)18(23)15-7-5-4-6-8-15/h4-12,17-18,22-23H,13H2,1-3H3,(H,21,24)/t17?,18-/m0/s1. The lowest BCUT2D eigenvalue weighted by Crippen LogP contribution is -2.32. The molecular formula is C20H25NO3. The maximum Gasteiger partial charge on any atom is 0.253 e. The van der Waals surface area contributed by atoms with Crippen LogP contribution in [0.15, 0.2) is 54.6 Å². The second-order valence-electron chi connectivity index (χ2n) is 6.95. The molecule has 0 aliphatic heterocycles. The molecule has 0 aliphatic rings. The van der Waals surface area contributed by atoms with Gasteiger partial charge in [0.15, 0.2) is 6.10 Å². The highest BCUT2D eigenvalue weighted by atomic mass is 16.3. The van der Waals surface area contributed by atoms with Crippen molar-refractivity contribution in [2.45, 2.75) is 38.4 Å². The molecule has 1 amide bonds. The predicted octanol–water partition coefficient (Wildman–Crippen LogP) is 2.87. The minimum atomic E-state index is -1.23. The molecule has 4 nitrogen and oxygen atoms in total. The highest BCUT2D eigenvalue weighted by Crippen LogP contribution is 2.24. The first kappa shape index (κ1) is 18.2. The Bertz CT molecular complexity index is 660. The molecule has 0 radical (unpaired) electrons. The minimum Gasteiger partial charge on any atom is -0.387 e. The van der Waals surface area contributed by atoms with Crippen LogP contribution in [0.5, 0.6) is 0 Å². The fourth-order valence-corrected chi connectivity index (χ4v) is 2.40. The normalized spacial score (nSPS) is 14.0. The van der Waals surface area contributed by atoms with Gasteiger partial charge in [-0.25, -0.2) is 0 Å². The highest BCUT2D eigenvalue weighted by Gasteiger charge is 2.19. The molecule has 0 heterocycles. The third-order valence-electron chi connectivity index (χ3n) is 3.99. The summed E-state index contributed by atoms with van der Waals surface area (Å²) in [6.45, 7) is 6.44. The van der Waals surface area contributed by atoms with E-state index < -0.39 is 18.1 Å². The molecule has 0 saturated heterocycles. The zero-order chi connectivity index (χ0) is 17.7. The number of hydrogen-bond acceptors (Lipinski definition) is 3. The van der Waals surface area contributed by atoms with Crippen molar-refractivity contribution in [3.63, 3.8) is 0 Å². The maximum atomic E-state index is 12.0. The molecule has 0 bridgehead atoms. The molecule has 1 unspecified atom stereocenters. The quantitative estimate of drug-likeness (QED) is 0.791.